The number of anilines is 6. The number of carboxylic acid groups (broad SMARTS) is 1. The van der Waals surface area contributed by atoms with Gasteiger partial charge in [0.15, 0.2) is 0 Å². The molecule has 0 saturated heterocycles. The number of carbonyl (C=O) groups is 1. The van der Waals surface area contributed by atoms with Gasteiger partial charge in [0.1, 0.15) is 5.82 Å². The second kappa shape index (κ2) is 24.3. The molecule has 0 saturated carbocycles. The molecule has 298 valence electrons. The highest BCUT2D eigenvalue weighted by atomic mass is 128. The number of H-pyrrole nitrogens is 1. The molecule has 15 nitrogen and oxygen atoms in total. The van der Waals surface area contributed by atoms with E-state index in [0.717, 1.165) is 64.3 Å². The van der Waals surface area contributed by atoms with Crippen molar-refractivity contribution in [1.82, 2.24) is 19.9 Å². The first-order chi connectivity index (χ1) is 27.4. The van der Waals surface area contributed by atoms with Gasteiger partial charge in [0.2, 0.25) is 5.90 Å². The summed E-state index contributed by atoms with van der Waals surface area (Å²) < 4.78 is 4.69. The first kappa shape index (κ1) is 47.0. The van der Waals surface area contributed by atoms with E-state index in [1.165, 1.54) is 7.11 Å². The number of carboxylic acids is 1. The van der Waals surface area contributed by atoms with Crippen molar-refractivity contribution in [3.8, 4) is 33.6 Å². The lowest BCUT2D eigenvalue weighted by Gasteiger charge is -2.07. The molecule has 0 radical (unpaired) electrons. The van der Waals surface area contributed by atoms with Gasteiger partial charge in [-0.15, -0.1) is 0 Å². The van der Waals surface area contributed by atoms with Gasteiger partial charge in [0.05, 0.1) is 52.3 Å². The van der Waals surface area contributed by atoms with Gasteiger partial charge in [-0.3, -0.25) is 20.2 Å². The topological polar surface area (TPSA) is 301 Å². The molecule has 0 spiro atoms. The highest BCUT2D eigenvalue weighted by Gasteiger charge is 2.08. The fourth-order valence-corrected chi connectivity index (χ4v) is 4.72. The van der Waals surface area contributed by atoms with Gasteiger partial charge in [-0.1, -0.05) is 24.3 Å². The SMILES string of the molecule is CC(=O)O.CO.COC(=N)c1ccncc1.II.Nc1ccc(-c2ccc(N)c(N)c2)cc1N.Nc1ccc(-c2ccc3nc(-c4ccncc4)[nH]c3c2)cc1N. The van der Waals surface area contributed by atoms with E-state index in [4.69, 9.17) is 59.6 Å². The minimum absolute atomic E-state index is 0.169. The highest BCUT2D eigenvalue weighted by Crippen LogP contribution is 2.30. The molecule has 7 rings (SSSR count). The fraction of sp³-hybridized carbons (Fsp3) is 0.0750. The third kappa shape index (κ3) is 14.8. The number of halogens is 2. The summed E-state index contributed by atoms with van der Waals surface area (Å²) in [5, 5.41) is 21.6. The molecule has 7 aromatic rings. The number of methoxy groups -OCH3 is 1. The zero-order valence-electron chi connectivity index (χ0n) is 31.3. The average molecular weight is 998 g/mol. The van der Waals surface area contributed by atoms with Crippen LogP contribution >= 0.6 is 37.2 Å². The molecular weight excluding hydrogens is 952 g/mol. The summed E-state index contributed by atoms with van der Waals surface area (Å²) in [7, 11) is 2.47. The highest BCUT2D eigenvalue weighted by molar-refractivity contribution is 15.0. The summed E-state index contributed by atoms with van der Waals surface area (Å²) >= 11 is 4.24. The Hall–Kier alpha value is -6.19. The van der Waals surface area contributed by atoms with Crippen LogP contribution < -0.4 is 34.4 Å². The largest absolute Gasteiger partial charge is 0.481 e. The molecule has 3 heterocycles. The van der Waals surface area contributed by atoms with Crippen molar-refractivity contribution in [2.45, 2.75) is 6.92 Å². The Morgan fingerprint density at radius 1 is 0.614 bits per heavy atom. The number of benzene rings is 4. The average Bonchev–Trinajstić information content (AvgIpc) is 3.67. The second-order valence-corrected chi connectivity index (χ2v) is 11.4. The predicted octanol–water partition coefficient (Wildman–Crippen LogP) is 7.66. The Balaban J connectivity index is 0.000000287. The molecule has 0 aliphatic heterocycles. The van der Waals surface area contributed by atoms with E-state index in [0.29, 0.717) is 34.1 Å². The summed E-state index contributed by atoms with van der Waals surface area (Å²) in [6.07, 6.45) is 6.77. The zero-order valence-corrected chi connectivity index (χ0v) is 35.6. The van der Waals surface area contributed by atoms with E-state index < -0.39 is 5.97 Å². The minimum Gasteiger partial charge on any atom is -0.481 e. The quantitative estimate of drug-likeness (QED) is 0.0351. The van der Waals surface area contributed by atoms with Gasteiger partial charge in [-0.25, -0.2) is 4.98 Å². The Labute approximate surface area is 353 Å². The van der Waals surface area contributed by atoms with E-state index in [-0.39, 0.29) is 5.90 Å². The molecule has 0 aliphatic carbocycles. The molecule has 4 aromatic carbocycles. The maximum Gasteiger partial charge on any atom is 0.300 e. The smallest absolute Gasteiger partial charge is 0.300 e. The number of nitrogen functional groups attached to an aromatic ring is 6. The third-order valence-corrected chi connectivity index (χ3v) is 7.51. The lowest BCUT2D eigenvalue weighted by atomic mass is 10.0. The standard InChI is InChI=1S/C18H15N5.C12H14N4.C7H8N2O.C2H4O2.CH4O.I2/c19-14-3-1-12(9-15(14)20)13-2-4-16-17(10-13)23-18(22-16)11-5-7-21-8-6-11;13-9-3-1-7(5-11(9)15)8-2-4-10(14)12(16)6-8;1-10-7(8)6-2-4-9-5-3-6;1-2(3)4;2*1-2/h1-10H,19-20H2,(H,22,23);1-6H,13-16H2;2-5,8H,1H3;1H3,(H,3,4);2H,1H3;. The summed E-state index contributed by atoms with van der Waals surface area (Å²) in [5.41, 5.74) is 45.6. The number of nitrogens with two attached hydrogens (primary N) is 6. The summed E-state index contributed by atoms with van der Waals surface area (Å²) in [6.45, 7) is 1.08. The lowest BCUT2D eigenvalue weighted by Crippen LogP contribution is -2.00. The number of nitrogens with one attached hydrogen (secondary N) is 2. The van der Waals surface area contributed by atoms with Crippen LogP contribution in [0.2, 0.25) is 0 Å². The normalized spacial score (nSPS) is 9.51. The zero-order chi connectivity index (χ0) is 42.5. The number of imidazole rings is 1. The van der Waals surface area contributed by atoms with Crippen LogP contribution in [-0.4, -0.2) is 56.2 Å². The molecule has 0 fully saturated rings. The van der Waals surface area contributed by atoms with Crippen LogP contribution in [0.25, 0.3) is 44.7 Å². The van der Waals surface area contributed by atoms with Crippen LogP contribution in [-0.2, 0) is 9.53 Å². The van der Waals surface area contributed by atoms with Crippen LogP contribution in [0.3, 0.4) is 0 Å². The van der Waals surface area contributed by atoms with Gasteiger partial charge >= 0.3 is 0 Å². The summed E-state index contributed by atoms with van der Waals surface area (Å²) in [5.74, 6) is 0.166. The van der Waals surface area contributed by atoms with Gasteiger partial charge in [-0.2, -0.15) is 0 Å². The number of aromatic nitrogens is 4. The van der Waals surface area contributed by atoms with Crippen molar-refractivity contribution in [3.63, 3.8) is 0 Å². The number of aliphatic hydroxyl groups excluding tert-OH is 1. The van der Waals surface area contributed by atoms with Gasteiger partial charge in [-0.05, 0) is 95.1 Å². The van der Waals surface area contributed by atoms with Crippen LogP contribution in [0.5, 0.6) is 0 Å². The first-order valence-corrected chi connectivity index (χ1v) is 22.8. The molecular formula is C40H45I2N11O4. The van der Waals surface area contributed by atoms with Crippen LogP contribution in [0.4, 0.5) is 34.1 Å². The maximum absolute atomic E-state index is 9.00. The molecule has 0 atom stereocenters. The number of aromatic amines is 1. The molecule has 3 aromatic heterocycles. The van der Waals surface area contributed by atoms with E-state index in [2.05, 4.69) is 63.2 Å². The van der Waals surface area contributed by atoms with Crippen molar-refractivity contribution in [1.29, 1.82) is 5.41 Å². The lowest BCUT2D eigenvalue weighted by molar-refractivity contribution is -0.134. The first-order valence-electron chi connectivity index (χ1n) is 16.5. The molecule has 17 heteroatoms. The molecule has 16 N–H and O–H groups in total. The molecule has 0 amide bonds. The van der Waals surface area contributed by atoms with Gasteiger partial charge in [0, 0.05) is 87.2 Å². The number of hydrogen-bond donors (Lipinski definition) is 10. The van der Waals surface area contributed by atoms with Crippen molar-refractivity contribution in [2.24, 2.45) is 0 Å². The number of aliphatic carboxylic acids is 1. The van der Waals surface area contributed by atoms with Gasteiger partial charge in [0.25, 0.3) is 5.97 Å². The number of hydrogen-bond acceptors (Lipinski definition) is 13. The van der Waals surface area contributed by atoms with Crippen LogP contribution in [0.15, 0.2) is 122 Å². The Kier molecular flexibility index (Phi) is 20.1. The molecule has 0 aliphatic rings. The molecule has 57 heavy (non-hydrogen) atoms. The number of rotatable bonds is 4. The van der Waals surface area contributed by atoms with E-state index in [1.807, 2.05) is 66.7 Å². The van der Waals surface area contributed by atoms with Crippen LogP contribution in [0, 0.1) is 5.41 Å². The van der Waals surface area contributed by atoms with Gasteiger partial charge < -0.3 is 54.3 Å². The van der Waals surface area contributed by atoms with Crippen molar-refractivity contribution in [3.05, 3.63) is 127 Å². The number of fused-ring (bicyclic) bond motifs is 1. The fourth-order valence-electron chi connectivity index (χ4n) is 4.72. The van der Waals surface area contributed by atoms with Crippen molar-refractivity contribution < 1.29 is 19.7 Å². The predicted molar refractivity (Wildman–Crippen MR) is 251 cm³/mol. The van der Waals surface area contributed by atoms with Crippen LogP contribution in [0.1, 0.15) is 12.5 Å². The summed E-state index contributed by atoms with van der Waals surface area (Å²) in [6, 6.07) is 30.1. The number of ether oxygens (including phenoxy) is 1. The number of aliphatic hydroxyl groups is 1. The summed E-state index contributed by atoms with van der Waals surface area (Å²) in [4.78, 5) is 24.8. The number of pyridine rings is 2. The monoisotopic (exact) mass is 997 g/mol. The van der Waals surface area contributed by atoms with E-state index >= 15 is 0 Å². The second-order valence-electron chi connectivity index (χ2n) is 11.4. The van der Waals surface area contributed by atoms with Crippen molar-refractivity contribution >= 4 is 94.3 Å². The maximum atomic E-state index is 9.00. The van der Waals surface area contributed by atoms with E-state index in [9.17, 15) is 0 Å². The third-order valence-electron chi connectivity index (χ3n) is 7.51. The number of nitrogens with zero attached hydrogens (tertiary/aromatic N) is 3. The Morgan fingerprint density at radius 3 is 1.37 bits per heavy atom. The Morgan fingerprint density at radius 2 is 0.982 bits per heavy atom. The minimum atomic E-state index is -0.833. The van der Waals surface area contributed by atoms with Crippen molar-refractivity contribution in [2.75, 3.05) is 48.6 Å². The Bertz CT molecular complexity index is 2280. The van der Waals surface area contributed by atoms with E-state index in [1.54, 1.807) is 49.1 Å². The molecule has 0 unspecified atom stereocenters. The molecule has 0 bridgehead atoms.